The molecule has 0 bridgehead atoms. The van der Waals surface area contributed by atoms with E-state index in [0.717, 1.165) is 103 Å². The molecule has 0 saturated carbocycles. The number of fused-ring (bicyclic) bond motifs is 7. The quantitative estimate of drug-likeness (QED) is 0.0299. The molecule has 0 aliphatic heterocycles. The van der Waals surface area contributed by atoms with E-state index in [1.54, 1.807) is 41.7 Å². The minimum Gasteiger partial charge on any atom is -0.618 e. The highest BCUT2D eigenvalue weighted by Gasteiger charge is 2.18. The van der Waals surface area contributed by atoms with Crippen LogP contribution in [0, 0.1) is 5.21 Å². The van der Waals surface area contributed by atoms with Crippen molar-refractivity contribution in [1.29, 1.82) is 0 Å². The molecule has 14 aromatic rings. The first-order valence-corrected chi connectivity index (χ1v) is 39.6. The summed E-state index contributed by atoms with van der Waals surface area (Å²) in [5.41, 5.74) is 0. The summed E-state index contributed by atoms with van der Waals surface area (Å²) in [6.45, 7) is 7.92. The van der Waals surface area contributed by atoms with Crippen molar-refractivity contribution in [3.8, 4) is 34.5 Å². The molecule has 0 radical (unpaired) electrons. The molecule has 0 spiro atoms. The Kier molecular flexibility index (Phi) is 29.9. The predicted molar refractivity (Wildman–Crippen MR) is 427 cm³/mol. The van der Waals surface area contributed by atoms with Crippen molar-refractivity contribution in [3.63, 3.8) is 0 Å². The maximum atomic E-state index is 11.4. The van der Waals surface area contributed by atoms with E-state index in [4.69, 9.17) is 68.0 Å². The second kappa shape index (κ2) is 38.1. The van der Waals surface area contributed by atoms with Crippen LogP contribution in [0.4, 0.5) is 0 Å². The third kappa shape index (κ3) is 20.8. The van der Waals surface area contributed by atoms with Crippen LogP contribution in [0.3, 0.4) is 0 Å². The largest absolute Gasteiger partial charge is 0.618 e. The lowest BCUT2D eigenvalue weighted by atomic mass is 10.2. The molecule has 0 aliphatic carbocycles. The Labute approximate surface area is 639 Å². The first kappa shape index (κ1) is 77.7. The maximum absolute atomic E-state index is 11.4. The molecule has 0 aliphatic rings. The number of hydrogen-bond donors (Lipinski definition) is 0. The van der Waals surface area contributed by atoms with Gasteiger partial charge in [0, 0.05) is 125 Å². The van der Waals surface area contributed by atoms with E-state index in [0.29, 0.717) is 56.9 Å². The smallest absolute Gasteiger partial charge is 0.302 e. The van der Waals surface area contributed by atoms with Gasteiger partial charge in [-0.3, -0.25) is 9.97 Å². The van der Waals surface area contributed by atoms with Crippen LogP contribution in [0.25, 0.3) is 75.4 Å². The predicted octanol–water partition coefficient (Wildman–Crippen LogP) is 23.2. The summed E-state index contributed by atoms with van der Waals surface area (Å²) >= 11 is 38.1. The zero-order valence-electron chi connectivity index (χ0n) is 54.5. The SMILES string of the molecule is Brc1cncc2ccccc12.COc1c(Br)[n+]([O-])cc2ccccc12.COc1c(Br)nc(Cl)c2ccccc12.COc1c(Br)nc(Cl)c2ccccc12.COc1c(Br)ncc2ccccc12.COc1cncc2ccccc12.C[Si](C)(C)CCOCOc1c(Br)nc(Cl)c2ccccc12. The molecule has 7 aromatic carbocycles. The molecule has 0 saturated heterocycles. The van der Waals surface area contributed by atoms with Gasteiger partial charge >= 0.3 is 4.60 Å². The van der Waals surface area contributed by atoms with Crippen molar-refractivity contribution in [2.24, 2.45) is 0 Å². The number of halogens is 9. The highest BCUT2D eigenvalue weighted by molar-refractivity contribution is 9.11. The van der Waals surface area contributed by atoms with Gasteiger partial charge in [-0.1, -0.05) is 218 Å². The van der Waals surface area contributed by atoms with E-state index in [-0.39, 0.29) is 6.79 Å². The summed E-state index contributed by atoms with van der Waals surface area (Å²) in [4.78, 5) is 24.8. The monoisotopic (exact) mass is 1780 g/mol. The Bertz CT molecular complexity index is 4970. The summed E-state index contributed by atoms with van der Waals surface area (Å²) in [7, 11) is 7.01. The lowest BCUT2D eigenvalue weighted by Gasteiger charge is -2.16. The van der Waals surface area contributed by atoms with Crippen LogP contribution in [0.5, 0.6) is 34.5 Å². The van der Waals surface area contributed by atoms with Gasteiger partial charge < -0.3 is 38.4 Å². The average Bonchev–Trinajstić information content (AvgIpc) is 0.823. The molecule has 0 N–H and O–H groups in total. The van der Waals surface area contributed by atoms with Crippen LogP contribution < -0.4 is 33.2 Å². The molecule has 510 valence electrons. The van der Waals surface area contributed by atoms with E-state index in [2.05, 4.69) is 151 Å². The van der Waals surface area contributed by atoms with Crippen LogP contribution >= 0.6 is 130 Å². The van der Waals surface area contributed by atoms with Crippen molar-refractivity contribution >= 4 is 214 Å². The standard InChI is InChI=1S/C15H19BrClNO2Si.2C10H7BrClNO.C10H8BrNO2.C10H8BrNO.C10H9NO.C9H6BrN/c1-21(2,3)9-8-19-10-20-13-11-6-4-5-7-12(11)15(17)18-14(13)16;2*1-14-8-6-4-2-3-5-7(6)10(12)13-9(8)11;1-14-9-8-5-3-2-4-7(8)6-12(13)10(9)11;1-13-9-8-5-3-2-4-7(8)6-12-10(9)11;1-12-10-7-11-6-8-4-2-3-5-9(8)10;10-9-6-11-5-7-3-1-2-4-8(7)9/h4-7H,8-10H2,1-3H3;2*2-5H,1H3;2-6H,1H3;2-6H,1H3;2-7H,1H3;1-6H. The number of methoxy groups -OCH3 is 5. The lowest BCUT2D eigenvalue weighted by molar-refractivity contribution is -0.616. The van der Waals surface area contributed by atoms with Crippen LogP contribution in [-0.2, 0) is 4.74 Å². The molecule has 25 heteroatoms. The Morgan fingerprint density at radius 1 is 0.394 bits per heavy atom. The van der Waals surface area contributed by atoms with Gasteiger partial charge in [0.2, 0.25) is 5.75 Å². The molecule has 7 aromatic heterocycles. The number of benzene rings is 7. The van der Waals surface area contributed by atoms with Crippen LogP contribution in [0.1, 0.15) is 0 Å². The molecule has 99 heavy (non-hydrogen) atoms. The molecule has 7 heterocycles. The number of ether oxygens (including phenoxy) is 7. The Hall–Kier alpha value is -7.06. The Balaban J connectivity index is 0.000000148. The number of hydrogen-bond acceptors (Lipinski definition) is 14. The summed E-state index contributed by atoms with van der Waals surface area (Å²) in [6, 6.07) is 56.1. The van der Waals surface area contributed by atoms with E-state index in [1.165, 1.54) is 17.0 Å². The van der Waals surface area contributed by atoms with Gasteiger partial charge in [0.25, 0.3) is 0 Å². The maximum Gasteiger partial charge on any atom is 0.302 e. The van der Waals surface area contributed by atoms with E-state index < -0.39 is 8.07 Å². The Morgan fingerprint density at radius 2 is 0.758 bits per heavy atom. The Morgan fingerprint density at radius 3 is 1.21 bits per heavy atom. The number of nitrogens with zero attached hydrogens (tertiary/aromatic N) is 7. The fourth-order valence-corrected chi connectivity index (χ4v) is 14.5. The first-order chi connectivity index (χ1) is 47.7. The van der Waals surface area contributed by atoms with E-state index in [1.807, 2.05) is 189 Å². The van der Waals surface area contributed by atoms with Gasteiger partial charge in [-0.05, 0) is 97.1 Å². The molecular formula is C74H64Br6Cl3N7O8Si. The molecule has 0 atom stereocenters. The fraction of sp³-hybridized carbons (Fsp3) is 0.149. The van der Waals surface area contributed by atoms with Gasteiger partial charge in [-0.15, -0.1) is 0 Å². The summed E-state index contributed by atoms with van der Waals surface area (Å²) in [6.07, 6.45) is 10.6. The lowest BCUT2D eigenvalue weighted by Crippen LogP contribution is -2.27. The van der Waals surface area contributed by atoms with Crippen molar-refractivity contribution in [2.45, 2.75) is 25.7 Å². The van der Waals surface area contributed by atoms with Crippen molar-refractivity contribution < 1.29 is 37.9 Å². The van der Waals surface area contributed by atoms with Gasteiger partial charge in [-0.25, -0.2) is 19.9 Å². The number of pyridine rings is 7. The second-order valence-corrected chi connectivity index (χ2v) is 33.3. The highest BCUT2D eigenvalue weighted by Crippen LogP contribution is 2.39. The van der Waals surface area contributed by atoms with E-state index >= 15 is 0 Å². The fourth-order valence-electron chi connectivity index (χ4n) is 9.61. The van der Waals surface area contributed by atoms with Crippen molar-refractivity contribution in [1.82, 2.24) is 29.9 Å². The molecule has 0 fully saturated rings. The molecular weight excluding hydrogens is 1730 g/mol. The molecule has 14 rings (SSSR count). The normalized spacial score (nSPS) is 10.7. The zero-order valence-corrected chi connectivity index (χ0v) is 67.3. The summed E-state index contributed by atoms with van der Waals surface area (Å²) in [5, 5.41) is 26.9. The minimum absolute atomic E-state index is 0.219. The number of aromatic nitrogens is 7. The molecule has 15 nitrogen and oxygen atoms in total. The van der Waals surface area contributed by atoms with Gasteiger partial charge in [0.05, 0.1) is 47.1 Å². The van der Waals surface area contributed by atoms with Gasteiger partial charge in [-0.2, -0.15) is 4.73 Å². The van der Waals surface area contributed by atoms with Crippen molar-refractivity contribution in [3.05, 3.63) is 255 Å². The third-order valence-corrected chi connectivity index (χ3v) is 20.5. The first-order valence-electron chi connectivity index (χ1n) is 30.0. The minimum atomic E-state index is -1.07. The van der Waals surface area contributed by atoms with Crippen molar-refractivity contribution in [2.75, 3.05) is 48.9 Å². The number of rotatable bonds is 11. The van der Waals surface area contributed by atoms with E-state index in [9.17, 15) is 5.21 Å². The third-order valence-electron chi connectivity index (χ3n) is 14.5. The zero-order chi connectivity index (χ0) is 71.2. The second-order valence-electron chi connectivity index (χ2n) is 22.0. The summed E-state index contributed by atoms with van der Waals surface area (Å²) < 4.78 is 42.2. The summed E-state index contributed by atoms with van der Waals surface area (Å²) in [5.74, 6) is 4.28. The van der Waals surface area contributed by atoms with Crippen LogP contribution in [-0.4, -0.2) is 86.9 Å². The average molecular weight is 1790 g/mol. The van der Waals surface area contributed by atoms with Gasteiger partial charge in [0.1, 0.15) is 35.0 Å². The topological polar surface area (TPSA) is 169 Å². The highest BCUT2D eigenvalue weighted by atomic mass is 79.9. The molecule has 0 amide bonds. The van der Waals surface area contributed by atoms with Crippen LogP contribution in [0.2, 0.25) is 41.1 Å². The molecule has 0 unspecified atom stereocenters. The van der Waals surface area contributed by atoms with Crippen LogP contribution in [0.15, 0.2) is 235 Å². The van der Waals surface area contributed by atoms with Gasteiger partial charge in [0.15, 0.2) is 40.6 Å².